The molecule has 0 bridgehead atoms. The molecule has 1 aromatic rings. The van der Waals surface area contributed by atoms with Crippen molar-refractivity contribution in [2.75, 3.05) is 26.4 Å². The zero-order valence-corrected chi connectivity index (χ0v) is 20.3. The minimum atomic E-state index is -0.895. The van der Waals surface area contributed by atoms with Gasteiger partial charge in [-0.3, -0.25) is 9.29 Å². The first kappa shape index (κ1) is 27.9. The summed E-state index contributed by atoms with van der Waals surface area (Å²) in [6.07, 6.45) is 2.86. The SMILES string of the molecule is CCOc1ccc2c(c1)CCN1C[C@H](CC(C)C)[C@](O)(CC[19F])C[C@@H]21.S.S.S. The van der Waals surface area contributed by atoms with Crippen LogP contribution in [0.1, 0.15) is 57.2 Å². The van der Waals surface area contributed by atoms with Gasteiger partial charge in [-0.15, -0.1) is 0 Å². The van der Waals surface area contributed by atoms with Crippen LogP contribution >= 0.6 is 40.5 Å². The predicted molar refractivity (Wildman–Crippen MR) is 130 cm³/mol. The minimum Gasteiger partial charge on any atom is -0.494 e. The Hall–Kier alpha value is -0.0800. The van der Waals surface area contributed by atoms with Crippen LogP contribution in [0.3, 0.4) is 0 Å². The molecule has 1 fully saturated rings. The van der Waals surface area contributed by atoms with Gasteiger partial charge in [-0.05, 0) is 55.4 Å². The Kier molecular flexibility index (Phi) is 11.9. The molecule has 0 amide bonds. The lowest BCUT2D eigenvalue weighted by atomic mass is 9.70. The van der Waals surface area contributed by atoms with Crippen LogP contribution in [0.2, 0.25) is 0 Å². The van der Waals surface area contributed by atoms with E-state index in [4.69, 9.17) is 4.74 Å². The number of ether oxygens (including phenoxy) is 1. The van der Waals surface area contributed by atoms with Gasteiger partial charge in [-0.1, -0.05) is 19.9 Å². The monoisotopic (exact) mass is 451 g/mol. The average Bonchev–Trinajstić information content (AvgIpc) is 2.55. The zero-order valence-electron chi connectivity index (χ0n) is 17.3. The van der Waals surface area contributed by atoms with Crippen LogP contribution in [0.25, 0.3) is 0 Å². The number of aliphatic hydroxyl groups is 1. The first-order valence-electron chi connectivity index (χ1n) is 9.75. The van der Waals surface area contributed by atoms with E-state index in [0.717, 1.165) is 31.7 Å². The summed E-state index contributed by atoms with van der Waals surface area (Å²) in [5.74, 6) is 1.59. The van der Waals surface area contributed by atoms with Crippen molar-refractivity contribution in [1.82, 2.24) is 4.90 Å². The number of halogens is 1. The Morgan fingerprint density at radius 2 is 2.00 bits per heavy atom. The van der Waals surface area contributed by atoms with E-state index in [1.807, 2.05) is 13.0 Å². The zero-order chi connectivity index (χ0) is 18.0. The molecule has 0 spiro atoms. The van der Waals surface area contributed by atoms with E-state index in [2.05, 4.69) is 30.9 Å². The average molecular weight is 452 g/mol. The van der Waals surface area contributed by atoms with Crippen molar-refractivity contribution in [3.8, 4) is 5.75 Å². The number of benzene rings is 1. The lowest BCUT2D eigenvalue weighted by Crippen LogP contribution is -2.55. The number of alkyl halides is 1. The lowest BCUT2D eigenvalue weighted by Gasteiger charge is -2.51. The van der Waals surface area contributed by atoms with E-state index in [0.29, 0.717) is 18.9 Å². The van der Waals surface area contributed by atoms with Gasteiger partial charge in [0.15, 0.2) is 0 Å². The normalized spacial score (nSPS) is 26.2. The fourth-order valence-electron chi connectivity index (χ4n) is 4.74. The molecule has 0 saturated carbocycles. The van der Waals surface area contributed by atoms with Crippen LogP contribution in [0, 0.1) is 11.8 Å². The maximum Gasteiger partial charge on any atom is 0.119 e. The first-order chi connectivity index (χ1) is 12.0. The van der Waals surface area contributed by atoms with Crippen LogP contribution in [0.5, 0.6) is 5.75 Å². The van der Waals surface area contributed by atoms with E-state index >= 15 is 0 Å². The van der Waals surface area contributed by atoms with E-state index < -0.39 is 12.3 Å². The van der Waals surface area contributed by atoms with E-state index in [1.165, 1.54) is 11.1 Å². The highest BCUT2D eigenvalue weighted by atomic mass is 32.1. The number of hydrogen-bond acceptors (Lipinski definition) is 3. The molecular weight excluding hydrogens is 413 g/mol. The quantitative estimate of drug-likeness (QED) is 0.692. The van der Waals surface area contributed by atoms with Gasteiger partial charge in [0.2, 0.25) is 0 Å². The molecule has 164 valence electrons. The summed E-state index contributed by atoms with van der Waals surface area (Å²) in [7, 11) is 0. The number of hydrogen-bond donors (Lipinski definition) is 1. The minimum absolute atomic E-state index is 0. The van der Waals surface area contributed by atoms with Crippen molar-refractivity contribution >= 4 is 40.5 Å². The van der Waals surface area contributed by atoms with Crippen LogP contribution in [0.4, 0.5) is 4.39 Å². The Morgan fingerprint density at radius 1 is 1.29 bits per heavy atom. The Morgan fingerprint density at radius 3 is 2.61 bits per heavy atom. The molecule has 0 aromatic heterocycles. The van der Waals surface area contributed by atoms with Gasteiger partial charge >= 0.3 is 0 Å². The molecule has 3 nitrogen and oxygen atoms in total. The largest absolute Gasteiger partial charge is 0.494 e. The fourth-order valence-corrected chi connectivity index (χ4v) is 4.74. The molecule has 1 N–H and O–H groups in total. The molecule has 0 aliphatic carbocycles. The first-order valence-corrected chi connectivity index (χ1v) is 9.75. The lowest BCUT2D eigenvalue weighted by molar-refractivity contribution is -0.110. The topological polar surface area (TPSA) is 32.7 Å². The summed E-state index contributed by atoms with van der Waals surface area (Å²) < 4.78 is 18.8. The second kappa shape index (κ2) is 11.9. The van der Waals surface area contributed by atoms with Crippen LogP contribution in [0.15, 0.2) is 18.2 Å². The molecule has 0 radical (unpaired) electrons. The van der Waals surface area contributed by atoms with Crippen molar-refractivity contribution in [2.24, 2.45) is 11.8 Å². The highest BCUT2D eigenvalue weighted by Gasteiger charge is 2.47. The summed E-state index contributed by atoms with van der Waals surface area (Å²) in [6, 6.07) is 6.51. The van der Waals surface area contributed by atoms with Gasteiger partial charge < -0.3 is 9.84 Å². The summed E-state index contributed by atoms with van der Waals surface area (Å²) in [5.41, 5.74) is 1.71. The van der Waals surface area contributed by atoms with Gasteiger partial charge in [0, 0.05) is 31.5 Å². The molecule has 0 unspecified atom stereocenters. The summed E-state index contributed by atoms with van der Waals surface area (Å²) in [5, 5.41) is 11.3. The predicted octanol–water partition coefficient (Wildman–Crippen LogP) is 4.48. The molecular formula is C21H38FNO2S3. The van der Waals surface area contributed by atoms with Gasteiger partial charge in [0.1, 0.15) is 5.75 Å². The molecule has 2 heterocycles. The maximum atomic E-state index is 13.2. The summed E-state index contributed by atoms with van der Waals surface area (Å²) in [4.78, 5) is 2.50. The van der Waals surface area contributed by atoms with E-state index in [9.17, 15) is 9.50 Å². The van der Waals surface area contributed by atoms with Crippen molar-refractivity contribution in [3.63, 3.8) is 0 Å². The molecule has 3 atom stereocenters. The fraction of sp³-hybridized carbons (Fsp3) is 0.714. The van der Waals surface area contributed by atoms with Crippen molar-refractivity contribution in [2.45, 2.75) is 58.1 Å². The second-order valence-electron chi connectivity index (χ2n) is 8.13. The van der Waals surface area contributed by atoms with Crippen molar-refractivity contribution < 1.29 is 14.2 Å². The van der Waals surface area contributed by atoms with Gasteiger partial charge in [0.25, 0.3) is 0 Å². The highest BCUT2D eigenvalue weighted by molar-refractivity contribution is 7.59. The molecule has 1 saturated heterocycles. The molecule has 2 aliphatic rings. The highest BCUT2D eigenvalue weighted by Crippen LogP contribution is 2.46. The number of fused-ring (bicyclic) bond motifs is 3. The molecule has 3 rings (SSSR count). The van der Waals surface area contributed by atoms with E-state index in [-0.39, 0.29) is 58.9 Å². The number of piperidine rings is 1. The van der Waals surface area contributed by atoms with Gasteiger partial charge in [-0.2, -0.15) is 40.5 Å². The third kappa shape index (κ3) is 5.97. The smallest absolute Gasteiger partial charge is 0.119 e. The molecule has 2 aliphatic heterocycles. The van der Waals surface area contributed by atoms with Crippen LogP contribution in [-0.4, -0.2) is 42.0 Å². The van der Waals surface area contributed by atoms with Crippen LogP contribution < -0.4 is 4.74 Å². The van der Waals surface area contributed by atoms with Gasteiger partial charge in [0.05, 0.1) is 18.9 Å². The third-order valence-corrected chi connectivity index (χ3v) is 5.94. The third-order valence-electron chi connectivity index (χ3n) is 5.94. The maximum absolute atomic E-state index is 13.2. The Bertz CT molecular complexity index is 605. The standard InChI is InChI=1S/C21H32FNO2.3H2S/c1-4-25-18-5-6-19-16(12-18)7-10-23-14-17(11-15(2)3)21(24,8-9-22)13-20(19)23;;;/h5-6,12,15,17,20,24H,4,7-11,13-14H2,1-3H3;3*1H2/t17-,20-,21-;;;/m0.../s1/i22+0;;;. The number of rotatable bonds is 6. The number of nitrogens with zero attached hydrogens (tertiary/aromatic N) is 1. The van der Waals surface area contributed by atoms with E-state index in [1.54, 1.807) is 0 Å². The second-order valence-corrected chi connectivity index (χ2v) is 8.13. The van der Waals surface area contributed by atoms with Crippen molar-refractivity contribution in [3.05, 3.63) is 29.3 Å². The summed E-state index contributed by atoms with van der Waals surface area (Å²) >= 11 is 0. The molecule has 7 heteroatoms. The Balaban J connectivity index is 0.00000243. The van der Waals surface area contributed by atoms with Gasteiger partial charge in [-0.25, -0.2) is 0 Å². The van der Waals surface area contributed by atoms with Crippen LogP contribution in [-0.2, 0) is 6.42 Å². The molecule has 28 heavy (non-hydrogen) atoms. The van der Waals surface area contributed by atoms with Crippen molar-refractivity contribution in [1.29, 1.82) is 0 Å². The Labute approximate surface area is 190 Å². The summed E-state index contributed by atoms with van der Waals surface area (Å²) in [6.45, 7) is 8.45. The molecule has 1 aromatic carbocycles.